The lowest BCUT2D eigenvalue weighted by Crippen LogP contribution is -2.22. The van der Waals surface area contributed by atoms with Gasteiger partial charge in [-0.1, -0.05) is 49.4 Å². The first-order valence-electron chi connectivity index (χ1n) is 10.3. The van der Waals surface area contributed by atoms with Gasteiger partial charge in [-0.25, -0.2) is 8.42 Å². The largest absolute Gasteiger partial charge is 0.468 e. The molecule has 1 aromatic heterocycles. The molecule has 1 amide bonds. The molecular weight excluding hydrogens is 448 g/mol. The zero-order valence-electron chi connectivity index (χ0n) is 18.3. The summed E-state index contributed by atoms with van der Waals surface area (Å²) in [4.78, 5) is 29.3. The van der Waals surface area contributed by atoms with Gasteiger partial charge in [0.05, 0.1) is 28.0 Å². The Labute approximate surface area is 191 Å². The smallest absolute Gasteiger partial charge is 0.325 e. The highest BCUT2D eigenvalue weighted by Crippen LogP contribution is 2.23. The molecule has 3 aromatic rings. The number of ether oxygens (including phenoxy) is 1. The van der Waals surface area contributed by atoms with Crippen LogP contribution in [0, 0.1) is 0 Å². The molecule has 0 saturated carbocycles. The zero-order chi connectivity index (χ0) is 23.3. The second kappa shape index (κ2) is 10.2. The van der Waals surface area contributed by atoms with Crippen molar-refractivity contribution in [3.05, 3.63) is 58.9 Å². The molecule has 9 heteroatoms. The molecule has 0 N–H and O–H groups in total. The van der Waals surface area contributed by atoms with Gasteiger partial charge in [-0.15, -0.1) is 0 Å². The second-order valence-corrected chi connectivity index (χ2v) is 10.8. The van der Waals surface area contributed by atoms with E-state index in [1.807, 2.05) is 18.2 Å². The number of thiazole rings is 1. The number of hydrogen-bond donors (Lipinski definition) is 0. The van der Waals surface area contributed by atoms with Gasteiger partial charge in [0.2, 0.25) is 5.91 Å². The van der Waals surface area contributed by atoms with Crippen LogP contribution in [0.3, 0.4) is 0 Å². The Morgan fingerprint density at radius 3 is 2.50 bits per heavy atom. The molecule has 0 bridgehead atoms. The van der Waals surface area contributed by atoms with Gasteiger partial charge < -0.3 is 9.30 Å². The summed E-state index contributed by atoms with van der Waals surface area (Å²) in [6.07, 6.45) is 0.161. The summed E-state index contributed by atoms with van der Waals surface area (Å²) >= 11 is 1.32. The average Bonchev–Trinajstić information content (AvgIpc) is 3.10. The van der Waals surface area contributed by atoms with Gasteiger partial charge in [0.25, 0.3) is 0 Å². The molecule has 0 atom stereocenters. The van der Waals surface area contributed by atoms with Crippen LogP contribution in [-0.2, 0) is 30.7 Å². The number of benzene rings is 2. The van der Waals surface area contributed by atoms with E-state index in [1.165, 1.54) is 18.4 Å². The van der Waals surface area contributed by atoms with E-state index < -0.39 is 21.7 Å². The van der Waals surface area contributed by atoms with Crippen molar-refractivity contribution in [1.29, 1.82) is 0 Å². The Bertz CT molecular complexity index is 1290. The van der Waals surface area contributed by atoms with Crippen LogP contribution in [0.4, 0.5) is 0 Å². The fourth-order valence-electron chi connectivity index (χ4n) is 3.20. The Balaban J connectivity index is 1.83. The van der Waals surface area contributed by atoms with E-state index in [4.69, 9.17) is 4.74 Å². The minimum atomic E-state index is -3.45. The van der Waals surface area contributed by atoms with Gasteiger partial charge in [0.1, 0.15) is 6.54 Å². The fraction of sp³-hybridized carbons (Fsp3) is 0.348. The van der Waals surface area contributed by atoms with Crippen molar-refractivity contribution in [3.63, 3.8) is 0 Å². The highest BCUT2D eigenvalue weighted by atomic mass is 32.2. The van der Waals surface area contributed by atoms with Crippen LogP contribution in [-0.4, -0.2) is 37.7 Å². The van der Waals surface area contributed by atoms with E-state index in [9.17, 15) is 18.0 Å². The molecule has 1 heterocycles. The molecule has 0 radical (unpaired) electrons. The van der Waals surface area contributed by atoms with Gasteiger partial charge in [-0.05, 0) is 42.2 Å². The summed E-state index contributed by atoms with van der Waals surface area (Å²) in [7, 11) is -2.14. The van der Waals surface area contributed by atoms with Crippen LogP contribution in [0.1, 0.15) is 38.2 Å². The van der Waals surface area contributed by atoms with E-state index in [0.29, 0.717) is 10.7 Å². The maximum Gasteiger partial charge on any atom is 0.325 e. The zero-order valence-corrected chi connectivity index (χ0v) is 19.9. The molecule has 7 nitrogen and oxygen atoms in total. The van der Waals surface area contributed by atoms with Crippen molar-refractivity contribution >= 4 is 43.3 Å². The van der Waals surface area contributed by atoms with Crippen LogP contribution in [0.2, 0.25) is 0 Å². The lowest BCUT2D eigenvalue weighted by atomic mass is 10.0. The number of carbonyl (C=O) groups is 2. The average molecular weight is 475 g/mol. The maximum atomic E-state index is 12.5. The molecule has 2 aromatic carbocycles. The van der Waals surface area contributed by atoms with E-state index in [-0.39, 0.29) is 30.0 Å². The van der Waals surface area contributed by atoms with Gasteiger partial charge >= 0.3 is 5.97 Å². The number of nitrogens with zero attached hydrogens (tertiary/aromatic N) is 2. The van der Waals surface area contributed by atoms with Crippen molar-refractivity contribution in [2.24, 2.45) is 4.99 Å². The van der Waals surface area contributed by atoms with Gasteiger partial charge in [0, 0.05) is 6.42 Å². The second-order valence-electron chi connectivity index (χ2n) is 7.67. The normalized spacial score (nSPS) is 12.4. The Morgan fingerprint density at radius 1 is 1.12 bits per heavy atom. The summed E-state index contributed by atoms with van der Waals surface area (Å²) in [6, 6.07) is 14.1. The third kappa shape index (κ3) is 5.72. The number of carbonyl (C=O) groups excluding carboxylic acids is 2. The predicted octanol–water partition coefficient (Wildman–Crippen LogP) is 3.68. The SMILES string of the molecule is COC(=O)Cn1c(=NC(=O)CCCS(=O)(=O)c2ccccc2)sc2cc(C(C)C)ccc21. The summed E-state index contributed by atoms with van der Waals surface area (Å²) in [5.41, 5.74) is 1.94. The Morgan fingerprint density at radius 2 is 1.84 bits per heavy atom. The number of amides is 1. The fourth-order valence-corrected chi connectivity index (χ4v) is 5.63. The van der Waals surface area contributed by atoms with Crippen molar-refractivity contribution in [1.82, 2.24) is 4.57 Å². The standard InChI is InChI=1S/C23H26N2O5S2/c1-16(2)17-11-12-19-20(14-17)31-23(25(19)15-22(27)30-3)24-21(26)10-7-13-32(28,29)18-8-5-4-6-9-18/h4-6,8-9,11-12,14,16H,7,10,13,15H2,1-3H3. The van der Waals surface area contributed by atoms with E-state index >= 15 is 0 Å². The molecule has 0 unspecified atom stereocenters. The number of esters is 1. The third-order valence-corrected chi connectivity index (χ3v) is 7.87. The summed E-state index contributed by atoms with van der Waals surface area (Å²) < 4.78 is 32.1. The Kier molecular flexibility index (Phi) is 7.63. The van der Waals surface area contributed by atoms with Crippen molar-refractivity contribution < 1.29 is 22.7 Å². The van der Waals surface area contributed by atoms with Crippen LogP contribution in [0.15, 0.2) is 58.4 Å². The quantitative estimate of drug-likeness (QED) is 0.464. The van der Waals surface area contributed by atoms with Crippen molar-refractivity contribution in [2.45, 2.75) is 44.0 Å². The van der Waals surface area contributed by atoms with Crippen LogP contribution in [0.5, 0.6) is 0 Å². The minimum absolute atomic E-state index is 0.00419. The van der Waals surface area contributed by atoms with Crippen molar-refractivity contribution in [2.75, 3.05) is 12.9 Å². The first-order chi connectivity index (χ1) is 15.2. The summed E-state index contributed by atoms with van der Waals surface area (Å²) in [5.74, 6) is -0.669. The van der Waals surface area contributed by atoms with Crippen LogP contribution in [0.25, 0.3) is 10.2 Å². The van der Waals surface area contributed by atoms with Crippen LogP contribution < -0.4 is 4.80 Å². The first-order valence-corrected chi connectivity index (χ1v) is 12.7. The molecule has 0 aliphatic rings. The molecule has 0 saturated heterocycles. The molecule has 0 aliphatic heterocycles. The van der Waals surface area contributed by atoms with Gasteiger partial charge in [0.15, 0.2) is 14.6 Å². The molecule has 170 valence electrons. The topological polar surface area (TPSA) is 94.8 Å². The highest BCUT2D eigenvalue weighted by molar-refractivity contribution is 7.91. The molecule has 0 spiro atoms. The van der Waals surface area contributed by atoms with Gasteiger partial charge in [-0.2, -0.15) is 4.99 Å². The first kappa shape index (κ1) is 23.9. The minimum Gasteiger partial charge on any atom is -0.468 e. The lowest BCUT2D eigenvalue weighted by molar-refractivity contribution is -0.141. The number of methoxy groups -OCH3 is 1. The maximum absolute atomic E-state index is 12.5. The van der Waals surface area contributed by atoms with Crippen LogP contribution >= 0.6 is 11.3 Å². The molecule has 0 fully saturated rings. The Hall–Kier alpha value is -2.78. The number of aromatic nitrogens is 1. The van der Waals surface area contributed by atoms with Crippen molar-refractivity contribution in [3.8, 4) is 0 Å². The predicted molar refractivity (Wildman–Crippen MR) is 124 cm³/mol. The number of rotatable bonds is 8. The molecular formula is C23H26N2O5S2. The third-order valence-electron chi connectivity index (χ3n) is 5.01. The molecule has 3 rings (SSSR count). The van der Waals surface area contributed by atoms with E-state index in [2.05, 4.69) is 18.8 Å². The monoisotopic (exact) mass is 474 g/mol. The van der Waals surface area contributed by atoms with Gasteiger partial charge in [-0.3, -0.25) is 9.59 Å². The lowest BCUT2D eigenvalue weighted by Gasteiger charge is -2.06. The summed E-state index contributed by atoms with van der Waals surface area (Å²) in [6.45, 7) is 4.12. The highest BCUT2D eigenvalue weighted by Gasteiger charge is 2.16. The molecule has 32 heavy (non-hydrogen) atoms. The molecule has 0 aliphatic carbocycles. The number of sulfone groups is 1. The number of fused-ring (bicyclic) bond motifs is 1. The van der Waals surface area contributed by atoms with E-state index in [1.54, 1.807) is 34.9 Å². The van der Waals surface area contributed by atoms with E-state index in [0.717, 1.165) is 15.8 Å². The summed E-state index contributed by atoms with van der Waals surface area (Å²) in [5, 5.41) is 0. The number of hydrogen-bond acceptors (Lipinski definition) is 6.